The van der Waals surface area contributed by atoms with Crippen molar-refractivity contribution < 1.29 is 19.1 Å². The highest BCUT2D eigenvalue weighted by atomic mass is 16.5. The van der Waals surface area contributed by atoms with Crippen molar-refractivity contribution in [3.8, 4) is 0 Å². The molecule has 0 bridgehead atoms. The van der Waals surface area contributed by atoms with Gasteiger partial charge >= 0.3 is 5.97 Å². The fraction of sp³-hybridized carbons (Fsp3) is 0.733. The molecular formula is C15H26N2O4. The van der Waals surface area contributed by atoms with E-state index in [1.807, 2.05) is 0 Å². The van der Waals surface area contributed by atoms with E-state index in [0.29, 0.717) is 18.1 Å². The van der Waals surface area contributed by atoms with Crippen LogP contribution in [0.5, 0.6) is 0 Å². The molecule has 21 heavy (non-hydrogen) atoms. The van der Waals surface area contributed by atoms with E-state index in [0.717, 1.165) is 12.8 Å². The lowest BCUT2D eigenvalue weighted by Gasteiger charge is -2.27. The molecule has 6 nitrogen and oxygen atoms in total. The summed E-state index contributed by atoms with van der Waals surface area (Å²) in [6.45, 7) is 6.14. The van der Waals surface area contributed by atoms with Crippen molar-refractivity contribution in [2.24, 2.45) is 11.7 Å². The average molecular weight is 298 g/mol. The zero-order valence-corrected chi connectivity index (χ0v) is 13.2. The molecule has 120 valence electrons. The molecule has 3 atom stereocenters. The summed E-state index contributed by atoms with van der Waals surface area (Å²) < 4.78 is 10.7. The van der Waals surface area contributed by atoms with E-state index < -0.39 is 24.2 Å². The standard InChI is InChI=1S/C15H26N2O4/c1-5-10(6-2)8-21-14-11(15(19)20-4)7-12(16)13(14)17-9(3)18/h7,10,12-14H,5-6,8,16H2,1-4H3,(H,17,18). The average Bonchev–Trinajstić information content (AvgIpc) is 2.76. The smallest absolute Gasteiger partial charge is 0.336 e. The van der Waals surface area contributed by atoms with Crippen molar-refractivity contribution >= 4 is 11.9 Å². The minimum Gasteiger partial charge on any atom is -0.466 e. The Balaban J connectivity index is 2.85. The lowest BCUT2D eigenvalue weighted by Crippen LogP contribution is -2.51. The van der Waals surface area contributed by atoms with Crippen molar-refractivity contribution in [3.63, 3.8) is 0 Å². The molecule has 0 aromatic heterocycles. The zero-order valence-electron chi connectivity index (χ0n) is 13.2. The van der Waals surface area contributed by atoms with Crippen LogP contribution < -0.4 is 11.1 Å². The van der Waals surface area contributed by atoms with Gasteiger partial charge in [-0.25, -0.2) is 4.79 Å². The van der Waals surface area contributed by atoms with Crippen molar-refractivity contribution in [2.75, 3.05) is 13.7 Å². The Kier molecular flexibility index (Phi) is 6.84. The predicted octanol–water partition coefficient (Wildman–Crippen LogP) is 0.753. The second-order valence-electron chi connectivity index (χ2n) is 5.35. The third kappa shape index (κ3) is 4.54. The summed E-state index contributed by atoms with van der Waals surface area (Å²) in [5.74, 6) is -0.252. The van der Waals surface area contributed by atoms with Crippen LogP contribution in [0.4, 0.5) is 0 Å². The number of esters is 1. The number of methoxy groups -OCH3 is 1. The predicted molar refractivity (Wildman–Crippen MR) is 79.5 cm³/mol. The van der Waals surface area contributed by atoms with Crippen LogP contribution >= 0.6 is 0 Å². The van der Waals surface area contributed by atoms with Crippen molar-refractivity contribution in [3.05, 3.63) is 11.6 Å². The molecule has 0 heterocycles. The summed E-state index contributed by atoms with van der Waals surface area (Å²) in [6, 6.07) is -0.902. The topological polar surface area (TPSA) is 90.7 Å². The van der Waals surface area contributed by atoms with Crippen LogP contribution in [0.1, 0.15) is 33.6 Å². The number of nitrogens with one attached hydrogen (secondary N) is 1. The third-order valence-electron chi connectivity index (χ3n) is 3.88. The Labute approximate surface area is 126 Å². The number of hydrogen-bond donors (Lipinski definition) is 2. The first-order chi connectivity index (χ1) is 9.94. The summed E-state index contributed by atoms with van der Waals surface area (Å²) in [6.07, 6.45) is 3.05. The summed E-state index contributed by atoms with van der Waals surface area (Å²) in [5, 5.41) is 2.76. The van der Waals surface area contributed by atoms with Crippen molar-refractivity contribution in [2.45, 2.75) is 51.8 Å². The van der Waals surface area contributed by atoms with Crippen LogP contribution in [0.15, 0.2) is 11.6 Å². The lowest BCUT2D eigenvalue weighted by atomic mass is 10.0. The quantitative estimate of drug-likeness (QED) is 0.677. The Morgan fingerprint density at radius 1 is 1.38 bits per heavy atom. The number of nitrogens with two attached hydrogens (primary N) is 1. The molecule has 1 amide bonds. The normalized spacial score (nSPS) is 24.9. The van der Waals surface area contributed by atoms with E-state index in [4.69, 9.17) is 15.2 Å². The molecule has 3 N–H and O–H groups in total. The summed E-state index contributed by atoms with van der Waals surface area (Å²) >= 11 is 0. The molecule has 1 rings (SSSR count). The Morgan fingerprint density at radius 2 is 2.00 bits per heavy atom. The van der Waals surface area contributed by atoms with Gasteiger partial charge in [0.25, 0.3) is 0 Å². The van der Waals surface area contributed by atoms with E-state index in [2.05, 4.69) is 19.2 Å². The fourth-order valence-electron chi connectivity index (χ4n) is 2.47. The highest BCUT2D eigenvalue weighted by molar-refractivity contribution is 5.91. The van der Waals surface area contributed by atoms with Gasteiger partial charge in [-0.15, -0.1) is 0 Å². The zero-order chi connectivity index (χ0) is 16.0. The molecule has 0 fully saturated rings. The van der Waals surface area contributed by atoms with Gasteiger partial charge in [-0.2, -0.15) is 0 Å². The van der Waals surface area contributed by atoms with Crippen LogP contribution in [0.3, 0.4) is 0 Å². The van der Waals surface area contributed by atoms with Gasteiger partial charge in [0.05, 0.1) is 25.3 Å². The maximum Gasteiger partial charge on any atom is 0.336 e. The van der Waals surface area contributed by atoms with E-state index in [1.54, 1.807) is 6.08 Å². The summed E-state index contributed by atoms with van der Waals surface area (Å²) in [4.78, 5) is 23.2. The van der Waals surface area contributed by atoms with Crippen molar-refractivity contribution in [1.29, 1.82) is 0 Å². The number of carbonyl (C=O) groups is 2. The number of rotatable bonds is 7. The highest BCUT2D eigenvalue weighted by Gasteiger charge is 2.40. The van der Waals surface area contributed by atoms with E-state index in [1.165, 1.54) is 14.0 Å². The Morgan fingerprint density at radius 3 is 2.48 bits per heavy atom. The summed E-state index contributed by atoms with van der Waals surface area (Å²) in [7, 11) is 1.32. The number of hydrogen-bond acceptors (Lipinski definition) is 5. The van der Waals surface area contributed by atoms with E-state index >= 15 is 0 Å². The first-order valence-electron chi connectivity index (χ1n) is 7.38. The fourth-order valence-corrected chi connectivity index (χ4v) is 2.47. The van der Waals surface area contributed by atoms with Crippen LogP contribution in [-0.2, 0) is 19.1 Å². The first-order valence-corrected chi connectivity index (χ1v) is 7.38. The molecular weight excluding hydrogens is 272 g/mol. The molecule has 3 unspecified atom stereocenters. The van der Waals surface area contributed by atoms with Crippen LogP contribution in [0.25, 0.3) is 0 Å². The largest absolute Gasteiger partial charge is 0.466 e. The van der Waals surface area contributed by atoms with Crippen LogP contribution in [0.2, 0.25) is 0 Å². The van der Waals surface area contributed by atoms with Gasteiger partial charge < -0.3 is 20.5 Å². The SMILES string of the molecule is CCC(CC)COC1C(C(=O)OC)=CC(N)C1NC(C)=O. The molecule has 0 aromatic carbocycles. The molecule has 0 saturated heterocycles. The lowest BCUT2D eigenvalue weighted by molar-refractivity contribution is -0.138. The van der Waals surface area contributed by atoms with Gasteiger partial charge in [0.15, 0.2) is 0 Å². The second-order valence-corrected chi connectivity index (χ2v) is 5.35. The molecule has 0 radical (unpaired) electrons. The molecule has 0 aromatic rings. The number of amides is 1. The second kappa shape index (κ2) is 8.14. The Bertz CT molecular complexity index is 404. The van der Waals surface area contributed by atoms with Crippen LogP contribution in [0, 0.1) is 5.92 Å². The molecule has 0 aliphatic heterocycles. The van der Waals surface area contributed by atoms with Gasteiger partial charge in [-0.3, -0.25) is 4.79 Å². The maximum atomic E-state index is 11.8. The monoisotopic (exact) mass is 298 g/mol. The molecule has 0 spiro atoms. The molecule has 0 saturated carbocycles. The first kappa shape index (κ1) is 17.7. The van der Waals surface area contributed by atoms with E-state index in [-0.39, 0.29) is 5.91 Å². The van der Waals surface area contributed by atoms with Gasteiger partial charge in [0.2, 0.25) is 5.91 Å². The summed E-state index contributed by atoms with van der Waals surface area (Å²) in [5.41, 5.74) is 6.38. The van der Waals surface area contributed by atoms with Gasteiger partial charge in [0, 0.05) is 13.0 Å². The number of ether oxygens (including phenoxy) is 2. The van der Waals surface area contributed by atoms with Gasteiger partial charge in [0.1, 0.15) is 6.10 Å². The third-order valence-corrected chi connectivity index (χ3v) is 3.88. The molecule has 1 aliphatic rings. The van der Waals surface area contributed by atoms with Gasteiger partial charge in [-0.05, 0) is 5.92 Å². The minimum absolute atomic E-state index is 0.203. The highest BCUT2D eigenvalue weighted by Crippen LogP contribution is 2.25. The molecule has 6 heteroatoms. The number of carbonyl (C=O) groups excluding carboxylic acids is 2. The Hall–Kier alpha value is -1.40. The maximum absolute atomic E-state index is 11.8. The molecule has 1 aliphatic carbocycles. The van der Waals surface area contributed by atoms with Crippen LogP contribution in [-0.4, -0.2) is 43.8 Å². The van der Waals surface area contributed by atoms with Crippen molar-refractivity contribution in [1.82, 2.24) is 5.32 Å². The minimum atomic E-state index is -0.558. The van der Waals surface area contributed by atoms with E-state index in [9.17, 15) is 9.59 Å². The van der Waals surface area contributed by atoms with Gasteiger partial charge in [-0.1, -0.05) is 32.8 Å².